The molecule has 0 bridgehead atoms. The lowest BCUT2D eigenvalue weighted by molar-refractivity contribution is -0.135. The van der Waals surface area contributed by atoms with E-state index in [9.17, 15) is 9.59 Å². The van der Waals surface area contributed by atoms with Crippen LogP contribution in [-0.2, 0) is 22.6 Å². The number of imidazole rings is 1. The van der Waals surface area contributed by atoms with Crippen LogP contribution in [0, 0.1) is 0 Å². The highest BCUT2D eigenvalue weighted by atomic mass is 16.3. The maximum atomic E-state index is 13.4. The molecule has 202 valence electrons. The summed E-state index contributed by atoms with van der Waals surface area (Å²) in [7, 11) is 0. The van der Waals surface area contributed by atoms with E-state index in [1.807, 2.05) is 83.6 Å². The van der Waals surface area contributed by atoms with Crippen LogP contribution in [0.4, 0.5) is 5.95 Å². The summed E-state index contributed by atoms with van der Waals surface area (Å²) < 4.78 is 7.35. The van der Waals surface area contributed by atoms with E-state index in [0.717, 1.165) is 22.5 Å². The average Bonchev–Trinajstić information content (AvgIpc) is 3.64. The lowest BCUT2D eigenvalue weighted by Gasteiger charge is -2.21. The molecule has 2 amide bonds. The number of hydrogen-bond acceptors (Lipinski definition) is 4. The van der Waals surface area contributed by atoms with Gasteiger partial charge in [-0.1, -0.05) is 86.6 Å². The van der Waals surface area contributed by atoms with E-state index >= 15 is 0 Å². The number of hydrogen-bond donors (Lipinski definition) is 1. The molecule has 0 aliphatic heterocycles. The summed E-state index contributed by atoms with van der Waals surface area (Å²) in [6.45, 7) is 4.34. The van der Waals surface area contributed by atoms with Gasteiger partial charge in [-0.25, -0.2) is 4.98 Å². The third kappa shape index (κ3) is 6.56. The van der Waals surface area contributed by atoms with E-state index in [1.54, 1.807) is 18.4 Å². The Morgan fingerprint density at radius 2 is 1.60 bits per heavy atom. The van der Waals surface area contributed by atoms with E-state index in [0.29, 0.717) is 17.6 Å². The molecule has 3 aromatic carbocycles. The van der Waals surface area contributed by atoms with E-state index in [4.69, 9.17) is 9.40 Å². The Kier molecular flexibility index (Phi) is 8.21. The van der Waals surface area contributed by atoms with E-state index < -0.39 is 0 Å². The topological polar surface area (TPSA) is 80.4 Å². The normalized spacial score (nSPS) is 11.0. The van der Waals surface area contributed by atoms with Crippen LogP contribution >= 0.6 is 0 Å². The second kappa shape index (κ2) is 12.3. The first-order chi connectivity index (χ1) is 19.5. The molecule has 0 radical (unpaired) electrons. The molecular weight excluding hydrogens is 500 g/mol. The number of nitrogens with zero attached hydrogens (tertiary/aromatic N) is 3. The molecule has 0 spiro atoms. The van der Waals surface area contributed by atoms with Crippen LogP contribution < -0.4 is 5.32 Å². The second-order valence-corrected chi connectivity index (χ2v) is 9.97. The highest BCUT2D eigenvalue weighted by molar-refractivity contribution is 5.94. The van der Waals surface area contributed by atoms with Gasteiger partial charge in [-0.15, -0.1) is 0 Å². The molecule has 5 rings (SSSR count). The summed E-state index contributed by atoms with van der Waals surface area (Å²) >= 11 is 0. The first-order valence-corrected chi connectivity index (χ1v) is 13.4. The maximum Gasteiger partial charge on any atom is 0.246 e. The molecule has 1 N–H and O–H groups in total. The van der Waals surface area contributed by atoms with Gasteiger partial charge in [0.25, 0.3) is 0 Å². The number of amides is 2. The van der Waals surface area contributed by atoms with Gasteiger partial charge in [0.05, 0.1) is 24.9 Å². The molecule has 2 heterocycles. The largest absolute Gasteiger partial charge is 0.467 e. The predicted octanol–water partition coefficient (Wildman–Crippen LogP) is 6.47. The van der Waals surface area contributed by atoms with Crippen molar-refractivity contribution in [2.45, 2.75) is 32.7 Å². The van der Waals surface area contributed by atoms with Gasteiger partial charge in [-0.2, -0.15) is 0 Å². The number of carbonyl (C=O) groups is 2. The zero-order valence-electron chi connectivity index (χ0n) is 22.7. The van der Waals surface area contributed by atoms with E-state index in [-0.39, 0.29) is 31.3 Å². The molecule has 0 aliphatic carbocycles. The minimum Gasteiger partial charge on any atom is -0.467 e. The number of furan rings is 1. The Morgan fingerprint density at radius 1 is 0.900 bits per heavy atom. The van der Waals surface area contributed by atoms with E-state index in [1.165, 1.54) is 10.5 Å². The van der Waals surface area contributed by atoms with Crippen LogP contribution in [0.2, 0.25) is 0 Å². The number of anilines is 1. The lowest BCUT2D eigenvalue weighted by Crippen LogP contribution is -2.38. The monoisotopic (exact) mass is 532 g/mol. The van der Waals surface area contributed by atoms with Crippen LogP contribution in [-0.4, -0.2) is 32.8 Å². The number of carbonyl (C=O) groups excluding carboxylic acids is 2. The Labute approximate surface area is 234 Å². The molecule has 7 nitrogen and oxygen atoms in total. The van der Waals surface area contributed by atoms with E-state index in [2.05, 4.69) is 31.3 Å². The molecule has 0 unspecified atom stereocenters. The third-order valence-electron chi connectivity index (χ3n) is 6.68. The molecule has 0 aliphatic rings. The Morgan fingerprint density at radius 3 is 2.25 bits per heavy atom. The molecule has 7 heteroatoms. The van der Waals surface area contributed by atoms with Gasteiger partial charge in [0, 0.05) is 17.4 Å². The zero-order valence-corrected chi connectivity index (χ0v) is 22.7. The van der Waals surface area contributed by atoms with Crippen molar-refractivity contribution in [3.8, 4) is 16.9 Å². The smallest absolute Gasteiger partial charge is 0.246 e. The van der Waals surface area contributed by atoms with Gasteiger partial charge in [0.2, 0.25) is 17.8 Å². The average molecular weight is 533 g/mol. The minimum atomic E-state index is -0.349. The number of aromatic nitrogens is 2. The fourth-order valence-corrected chi connectivity index (χ4v) is 4.48. The van der Waals surface area contributed by atoms with Crippen molar-refractivity contribution >= 4 is 17.8 Å². The molecule has 0 saturated carbocycles. The molecule has 0 saturated heterocycles. The van der Waals surface area contributed by atoms with Crippen molar-refractivity contribution in [3.05, 3.63) is 126 Å². The number of rotatable bonds is 10. The maximum absolute atomic E-state index is 13.4. The molecule has 0 atom stereocenters. The summed E-state index contributed by atoms with van der Waals surface area (Å²) in [5.41, 5.74) is 4.65. The minimum absolute atomic E-state index is 0.147. The summed E-state index contributed by atoms with van der Waals surface area (Å²) in [4.78, 5) is 32.9. The summed E-state index contributed by atoms with van der Waals surface area (Å²) in [5, 5.41) is 2.95. The molecular formula is C33H32N4O3. The van der Waals surface area contributed by atoms with Crippen LogP contribution in [0.3, 0.4) is 0 Å². The fourth-order valence-electron chi connectivity index (χ4n) is 4.48. The molecule has 0 fully saturated rings. The summed E-state index contributed by atoms with van der Waals surface area (Å²) in [6, 6.07) is 31.1. The molecule has 40 heavy (non-hydrogen) atoms. The van der Waals surface area contributed by atoms with Crippen LogP contribution in [0.5, 0.6) is 0 Å². The van der Waals surface area contributed by atoms with Crippen LogP contribution in [0.25, 0.3) is 16.9 Å². The second-order valence-electron chi connectivity index (χ2n) is 9.97. The van der Waals surface area contributed by atoms with Gasteiger partial charge < -0.3 is 9.32 Å². The van der Waals surface area contributed by atoms with Crippen LogP contribution in [0.15, 0.2) is 114 Å². The van der Waals surface area contributed by atoms with Crippen molar-refractivity contribution in [1.29, 1.82) is 0 Å². The third-order valence-corrected chi connectivity index (χ3v) is 6.68. The SMILES string of the molecule is CC(C)c1ccc(-n2cc(-c3ccccc3)nc2NC(=O)CN(Cc2ccco2)C(=O)Cc2ccccc2)cc1. The van der Waals surface area contributed by atoms with Gasteiger partial charge in [0.1, 0.15) is 12.3 Å². The van der Waals surface area contributed by atoms with Gasteiger partial charge in [0.15, 0.2) is 0 Å². The summed E-state index contributed by atoms with van der Waals surface area (Å²) in [6.07, 6.45) is 3.65. The lowest BCUT2D eigenvalue weighted by atomic mass is 10.0. The number of benzene rings is 3. The first kappa shape index (κ1) is 26.7. The highest BCUT2D eigenvalue weighted by Gasteiger charge is 2.21. The highest BCUT2D eigenvalue weighted by Crippen LogP contribution is 2.25. The Bertz CT molecular complexity index is 1540. The first-order valence-electron chi connectivity index (χ1n) is 13.4. The molecule has 2 aromatic heterocycles. The predicted molar refractivity (Wildman–Crippen MR) is 156 cm³/mol. The van der Waals surface area contributed by atoms with Crippen molar-refractivity contribution in [2.75, 3.05) is 11.9 Å². The van der Waals surface area contributed by atoms with Gasteiger partial charge >= 0.3 is 0 Å². The standard InChI is InChI=1S/C33H32N4O3/c1-24(2)26-15-17-28(18-16-26)37-22-30(27-12-7-4-8-13-27)34-33(37)35-31(38)23-36(21-29-14-9-19-40-29)32(39)20-25-10-5-3-6-11-25/h3-19,22,24H,20-21,23H2,1-2H3,(H,34,35,38). The van der Waals surface area contributed by atoms with Crippen molar-refractivity contribution in [3.63, 3.8) is 0 Å². The quantitative estimate of drug-likeness (QED) is 0.224. The van der Waals surface area contributed by atoms with Crippen molar-refractivity contribution < 1.29 is 14.0 Å². The van der Waals surface area contributed by atoms with Crippen LogP contribution in [0.1, 0.15) is 36.7 Å². The molecule has 5 aromatic rings. The van der Waals surface area contributed by atoms with Gasteiger partial charge in [-0.05, 0) is 41.3 Å². The summed E-state index contributed by atoms with van der Waals surface area (Å²) in [5.74, 6) is 0.875. The zero-order chi connectivity index (χ0) is 27.9. The number of nitrogens with one attached hydrogen (secondary N) is 1. The van der Waals surface area contributed by atoms with Crippen molar-refractivity contribution in [1.82, 2.24) is 14.5 Å². The van der Waals surface area contributed by atoms with Crippen molar-refractivity contribution in [2.24, 2.45) is 0 Å². The Balaban J connectivity index is 1.40. The fraction of sp³-hybridized carbons (Fsp3) is 0.182. The van der Waals surface area contributed by atoms with Gasteiger partial charge in [-0.3, -0.25) is 19.5 Å². The Hall–Kier alpha value is -4.91.